The number of benzene rings is 2. The highest BCUT2D eigenvalue weighted by Gasteiger charge is 2.24. The molecule has 0 fully saturated rings. The Morgan fingerprint density at radius 3 is 1.33 bits per heavy atom. The van der Waals surface area contributed by atoms with Crippen molar-refractivity contribution in [1.82, 2.24) is 0 Å². The van der Waals surface area contributed by atoms with Crippen LogP contribution in [-0.2, 0) is 0 Å². The normalized spacial score (nSPS) is 10.7. The van der Waals surface area contributed by atoms with E-state index in [0.717, 1.165) is 51.4 Å². The molecule has 0 unspecified atom stereocenters. The van der Waals surface area contributed by atoms with Gasteiger partial charge in [-0.15, -0.1) is 0 Å². The van der Waals surface area contributed by atoms with E-state index in [4.69, 9.17) is 18.9 Å². The van der Waals surface area contributed by atoms with Crippen LogP contribution in [0.5, 0.6) is 23.0 Å². The molecule has 0 aliphatic carbocycles. The maximum Gasteiger partial charge on any atom is 0.335 e. The average molecular weight is 503 g/mol. The lowest BCUT2D eigenvalue weighted by Gasteiger charge is -2.20. The van der Waals surface area contributed by atoms with Crippen LogP contribution in [0.25, 0.3) is 11.1 Å². The van der Waals surface area contributed by atoms with Crippen molar-refractivity contribution in [2.45, 2.75) is 65.2 Å². The lowest BCUT2D eigenvalue weighted by atomic mass is 9.97. The molecule has 2 aromatic rings. The fourth-order valence-electron chi connectivity index (χ4n) is 3.86. The van der Waals surface area contributed by atoms with Gasteiger partial charge in [0.25, 0.3) is 0 Å². The van der Waals surface area contributed by atoms with Crippen molar-refractivity contribution in [2.75, 3.05) is 27.4 Å². The van der Waals surface area contributed by atoms with Crippen molar-refractivity contribution in [2.24, 2.45) is 0 Å². The van der Waals surface area contributed by atoms with Gasteiger partial charge in [-0.1, -0.05) is 52.4 Å². The van der Waals surface area contributed by atoms with E-state index in [2.05, 4.69) is 13.8 Å². The van der Waals surface area contributed by atoms with E-state index < -0.39 is 11.9 Å². The molecule has 198 valence electrons. The molecule has 8 heteroatoms. The van der Waals surface area contributed by atoms with Crippen LogP contribution in [0.15, 0.2) is 24.3 Å². The van der Waals surface area contributed by atoms with Crippen LogP contribution in [-0.4, -0.2) is 49.6 Å². The second kappa shape index (κ2) is 14.9. The molecule has 0 aliphatic rings. The monoisotopic (exact) mass is 502 g/mol. The maximum atomic E-state index is 11.9. The summed E-state index contributed by atoms with van der Waals surface area (Å²) in [5.41, 5.74) is 0.696. The van der Waals surface area contributed by atoms with E-state index in [-0.39, 0.29) is 22.6 Å². The van der Waals surface area contributed by atoms with Crippen molar-refractivity contribution >= 4 is 11.9 Å². The lowest BCUT2D eigenvalue weighted by Crippen LogP contribution is -2.07. The number of methoxy groups -OCH3 is 2. The number of rotatable bonds is 17. The van der Waals surface area contributed by atoms with Crippen LogP contribution >= 0.6 is 0 Å². The van der Waals surface area contributed by atoms with Gasteiger partial charge >= 0.3 is 11.9 Å². The number of hydrogen-bond donors (Lipinski definition) is 2. The Bertz CT molecular complexity index is 934. The summed E-state index contributed by atoms with van der Waals surface area (Å²) >= 11 is 0. The van der Waals surface area contributed by atoms with Crippen LogP contribution in [0, 0.1) is 0 Å². The third-order valence-corrected chi connectivity index (χ3v) is 5.82. The molecule has 2 N–H and O–H groups in total. The molecule has 0 bridgehead atoms. The van der Waals surface area contributed by atoms with Gasteiger partial charge in [0.15, 0.2) is 23.0 Å². The zero-order valence-corrected chi connectivity index (χ0v) is 21.7. The lowest BCUT2D eigenvalue weighted by molar-refractivity contribution is 0.0685. The number of unbranched alkanes of at least 4 members (excludes halogenated alkanes) is 6. The fourth-order valence-corrected chi connectivity index (χ4v) is 3.86. The third kappa shape index (κ3) is 7.80. The van der Waals surface area contributed by atoms with Crippen LogP contribution in [0.2, 0.25) is 0 Å². The number of hydrogen-bond acceptors (Lipinski definition) is 6. The summed E-state index contributed by atoms with van der Waals surface area (Å²) in [6.07, 6.45) is 7.96. The maximum absolute atomic E-state index is 11.9. The predicted octanol–water partition coefficient (Wildman–Crippen LogP) is 6.69. The molecule has 36 heavy (non-hydrogen) atoms. The number of carbonyl (C=O) groups is 2. The fraction of sp³-hybridized carbons (Fsp3) is 0.500. The van der Waals surface area contributed by atoms with Crippen LogP contribution < -0.4 is 18.9 Å². The molecule has 0 aliphatic heterocycles. The first-order valence-electron chi connectivity index (χ1n) is 12.5. The molecule has 0 amide bonds. The highest BCUT2D eigenvalue weighted by atomic mass is 16.5. The van der Waals surface area contributed by atoms with E-state index >= 15 is 0 Å². The van der Waals surface area contributed by atoms with E-state index in [0.29, 0.717) is 35.8 Å². The third-order valence-electron chi connectivity index (χ3n) is 5.82. The largest absolute Gasteiger partial charge is 0.493 e. The summed E-state index contributed by atoms with van der Waals surface area (Å²) in [5, 5.41) is 19.5. The van der Waals surface area contributed by atoms with E-state index in [1.807, 2.05) is 0 Å². The summed E-state index contributed by atoms with van der Waals surface area (Å²) in [7, 11) is 2.88. The van der Waals surface area contributed by atoms with Crippen molar-refractivity contribution in [3.8, 4) is 34.1 Å². The molecule has 0 spiro atoms. The van der Waals surface area contributed by atoms with Gasteiger partial charge in [-0.05, 0) is 37.1 Å². The minimum Gasteiger partial charge on any atom is -0.493 e. The van der Waals surface area contributed by atoms with Gasteiger partial charge in [-0.25, -0.2) is 9.59 Å². The topological polar surface area (TPSA) is 112 Å². The van der Waals surface area contributed by atoms with Gasteiger partial charge < -0.3 is 29.2 Å². The highest BCUT2D eigenvalue weighted by molar-refractivity contribution is 5.96. The molecule has 0 saturated heterocycles. The van der Waals surface area contributed by atoms with Gasteiger partial charge in [0.1, 0.15) is 0 Å². The number of ether oxygens (including phenoxy) is 4. The van der Waals surface area contributed by atoms with Crippen molar-refractivity contribution in [1.29, 1.82) is 0 Å². The standard InChI is InChI=1S/C28H38O8/c1-5-7-9-11-13-35-25-21(15-19(27(29)30)17-23(25)33-3)22-16-20(28(31)32)18-24(34-4)26(22)36-14-12-10-8-6-2/h15-18H,5-14H2,1-4H3,(H,29,30)(H,31,32). The Kier molecular flexibility index (Phi) is 11.9. The van der Waals surface area contributed by atoms with Crippen LogP contribution in [0.1, 0.15) is 85.9 Å². The Labute approximate surface area is 213 Å². The Morgan fingerprint density at radius 2 is 1.03 bits per heavy atom. The first kappa shape index (κ1) is 28.8. The summed E-state index contributed by atoms with van der Waals surface area (Å²) in [6.45, 7) is 5.05. The smallest absolute Gasteiger partial charge is 0.335 e. The Morgan fingerprint density at radius 1 is 0.639 bits per heavy atom. The van der Waals surface area contributed by atoms with Gasteiger partial charge in [0, 0.05) is 11.1 Å². The Hall–Kier alpha value is -3.42. The van der Waals surface area contributed by atoms with Crippen LogP contribution in [0.4, 0.5) is 0 Å². The van der Waals surface area contributed by atoms with Crippen molar-refractivity contribution < 1.29 is 38.7 Å². The second-order valence-electron chi connectivity index (χ2n) is 8.54. The zero-order chi connectivity index (χ0) is 26.5. The first-order valence-corrected chi connectivity index (χ1v) is 12.5. The van der Waals surface area contributed by atoms with Gasteiger partial charge in [-0.3, -0.25) is 0 Å². The Balaban J connectivity index is 2.66. The number of aromatic carboxylic acids is 2. The molecular formula is C28H38O8. The molecule has 0 aromatic heterocycles. The average Bonchev–Trinajstić information content (AvgIpc) is 2.87. The highest BCUT2D eigenvalue weighted by Crippen LogP contribution is 2.47. The molecular weight excluding hydrogens is 464 g/mol. The minimum atomic E-state index is -1.15. The zero-order valence-electron chi connectivity index (χ0n) is 21.7. The summed E-state index contributed by atoms with van der Waals surface area (Å²) in [6, 6.07) is 5.71. The first-order chi connectivity index (χ1) is 17.4. The number of carboxylic acid groups (broad SMARTS) is 2. The molecule has 2 rings (SSSR count). The van der Waals surface area contributed by atoms with Gasteiger partial charge in [-0.2, -0.15) is 0 Å². The summed E-state index contributed by atoms with van der Waals surface area (Å²) in [5.74, 6) is -1.14. The molecule has 0 heterocycles. The van der Waals surface area contributed by atoms with Crippen molar-refractivity contribution in [3.63, 3.8) is 0 Å². The van der Waals surface area contributed by atoms with E-state index in [1.54, 1.807) is 0 Å². The second-order valence-corrected chi connectivity index (χ2v) is 8.54. The van der Waals surface area contributed by atoms with Crippen molar-refractivity contribution in [3.05, 3.63) is 35.4 Å². The van der Waals surface area contributed by atoms with E-state index in [9.17, 15) is 19.8 Å². The minimum absolute atomic E-state index is 0.0197. The summed E-state index contributed by atoms with van der Waals surface area (Å²) in [4.78, 5) is 23.8. The predicted molar refractivity (Wildman–Crippen MR) is 138 cm³/mol. The molecule has 2 aromatic carbocycles. The quantitative estimate of drug-likeness (QED) is 0.230. The van der Waals surface area contributed by atoms with E-state index in [1.165, 1.54) is 38.5 Å². The van der Waals surface area contributed by atoms with Crippen LogP contribution in [0.3, 0.4) is 0 Å². The molecule has 8 nitrogen and oxygen atoms in total. The number of carboxylic acids is 2. The molecule has 0 radical (unpaired) electrons. The molecule has 0 saturated carbocycles. The SMILES string of the molecule is CCCCCCOc1c(OC)cc(C(=O)O)cc1-c1cc(C(=O)O)cc(OC)c1OCCCCCC. The summed E-state index contributed by atoms with van der Waals surface area (Å²) < 4.78 is 23.2. The molecule has 0 atom stereocenters. The van der Waals surface area contributed by atoms with Gasteiger partial charge in [0.05, 0.1) is 38.6 Å². The van der Waals surface area contributed by atoms with Gasteiger partial charge in [0.2, 0.25) is 0 Å².